The van der Waals surface area contributed by atoms with E-state index in [1.807, 2.05) is 62.0 Å². The lowest BCUT2D eigenvalue weighted by Gasteiger charge is -2.48. The monoisotopic (exact) mass is 939 g/mol. The van der Waals surface area contributed by atoms with Crippen LogP contribution in [0.3, 0.4) is 0 Å². The Balaban J connectivity index is 1.75. The molecule has 0 bridgehead atoms. The molecular weight excluding hydrogens is 853 g/mol. The summed E-state index contributed by atoms with van der Waals surface area (Å²) in [5, 5.41) is 65.6. The van der Waals surface area contributed by atoms with Crippen molar-refractivity contribution in [2.45, 2.75) is 205 Å². The highest BCUT2D eigenvalue weighted by Gasteiger charge is 2.53. The van der Waals surface area contributed by atoms with Crippen molar-refractivity contribution in [2.75, 3.05) is 46.2 Å². The van der Waals surface area contributed by atoms with Crippen molar-refractivity contribution in [3.63, 3.8) is 0 Å². The van der Waals surface area contributed by atoms with Gasteiger partial charge in [0, 0.05) is 56.9 Å². The van der Waals surface area contributed by atoms with E-state index in [9.17, 15) is 35.1 Å². The Morgan fingerprint density at radius 1 is 0.955 bits per heavy atom. The number of anilines is 1. The van der Waals surface area contributed by atoms with Gasteiger partial charge in [0.15, 0.2) is 12.6 Å². The molecule has 3 heterocycles. The average Bonchev–Trinajstić information content (AvgIpc) is 3.24. The van der Waals surface area contributed by atoms with Crippen molar-refractivity contribution in [1.29, 1.82) is 0 Å². The topological polar surface area (TPSA) is 221 Å². The van der Waals surface area contributed by atoms with E-state index < -0.39 is 102 Å². The normalized spacial score (nSPS) is 41.5. The molecule has 18 atom stereocenters. The summed E-state index contributed by atoms with van der Waals surface area (Å²) in [6.45, 7) is 22.3. The number of esters is 1. The molecular formula is C49H86N4O13. The van der Waals surface area contributed by atoms with E-state index in [1.54, 1.807) is 48.5 Å². The summed E-state index contributed by atoms with van der Waals surface area (Å²) in [6, 6.07) is 6.19. The minimum atomic E-state index is -1.94. The molecule has 7 N–H and O–H groups in total. The van der Waals surface area contributed by atoms with E-state index in [1.165, 1.54) is 14.0 Å². The molecule has 17 nitrogen and oxygen atoms in total. The largest absolute Gasteiger partial charge is 0.459 e. The molecule has 3 saturated heterocycles. The Labute approximate surface area is 394 Å². The van der Waals surface area contributed by atoms with Gasteiger partial charge in [-0.05, 0) is 111 Å². The molecule has 2 amide bonds. The zero-order valence-electron chi connectivity index (χ0n) is 42.4. The van der Waals surface area contributed by atoms with Crippen molar-refractivity contribution < 1.29 is 63.5 Å². The van der Waals surface area contributed by atoms with E-state index in [4.69, 9.17) is 28.4 Å². The van der Waals surface area contributed by atoms with Crippen molar-refractivity contribution in [3.8, 4) is 0 Å². The molecule has 0 unspecified atom stereocenters. The molecule has 0 aliphatic carbocycles. The van der Waals surface area contributed by atoms with Crippen molar-refractivity contribution in [3.05, 3.63) is 29.8 Å². The van der Waals surface area contributed by atoms with E-state index in [2.05, 4.69) is 24.5 Å². The van der Waals surface area contributed by atoms with Gasteiger partial charge in [0.1, 0.15) is 30.0 Å². The minimum Gasteiger partial charge on any atom is -0.459 e. The number of nitrogens with one attached hydrogen (secondary N) is 2. The number of likely N-dealkylation sites (N-methyl/N-ethyl adjacent to an activating group) is 1. The average molecular weight is 939 g/mol. The zero-order chi connectivity index (χ0) is 49.6. The highest BCUT2D eigenvalue weighted by Crippen LogP contribution is 2.40. The number of carbonyl (C=O) groups is 2. The smallest absolute Gasteiger partial charge is 0.319 e. The molecule has 0 aromatic heterocycles. The van der Waals surface area contributed by atoms with Crippen molar-refractivity contribution in [2.24, 2.45) is 17.8 Å². The van der Waals surface area contributed by atoms with Crippen LogP contribution < -0.4 is 10.6 Å². The first-order valence-electron chi connectivity index (χ1n) is 24.1. The number of hydrogen-bond donors (Lipinski definition) is 7. The molecule has 380 valence electrons. The van der Waals surface area contributed by atoms with Gasteiger partial charge in [0.2, 0.25) is 0 Å². The molecule has 66 heavy (non-hydrogen) atoms. The zero-order valence-corrected chi connectivity index (χ0v) is 42.4. The lowest BCUT2D eigenvalue weighted by Crippen LogP contribution is -2.60. The Hall–Kier alpha value is -2.52. The summed E-state index contributed by atoms with van der Waals surface area (Å²) in [6.07, 6.45) is -9.16. The second-order valence-corrected chi connectivity index (χ2v) is 20.9. The maximum atomic E-state index is 14.5. The third-order valence-corrected chi connectivity index (χ3v) is 14.6. The van der Waals surface area contributed by atoms with Crippen molar-refractivity contribution in [1.82, 2.24) is 15.1 Å². The standard InChI is InChI=1S/C49H86N4O13/c1-16-37-49(12,60)41(55)32(8)53(22-21-50-46(58)51-35-19-17-34(18-20-35)27(2)3)26-28(4)24-47(10,59)43(66-45-39(54)36(52(13)14)23-29(5)62-45)30(6)40(31(7)44(57)64-37)65-38-25-48(11,61-15)42(56)33(9)63-38/h17-20,27-33,36-43,45,54-56,59-60H,16,21-26H2,1-15H3,(H2,50,51,58)/t28-,29-,30-,31-,32-,33+,36+,37-,38-,39-,40-,41-,42+,43+,45+,47-,48-,49-/m1/s1. The molecule has 3 aliphatic heterocycles. The Bertz CT molecular complexity index is 1680. The van der Waals surface area contributed by atoms with Gasteiger partial charge in [-0.2, -0.15) is 0 Å². The summed E-state index contributed by atoms with van der Waals surface area (Å²) >= 11 is 0. The maximum Gasteiger partial charge on any atom is 0.319 e. The highest BCUT2D eigenvalue weighted by molar-refractivity contribution is 5.89. The molecule has 3 aliphatic rings. The van der Waals surface area contributed by atoms with Gasteiger partial charge in [-0.25, -0.2) is 4.79 Å². The fourth-order valence-corrected chi connectivity index (χ4v) is 10.3. The first kappa shape index (κ1) is 56.1. The first-order valence-corrected chi connectivity index (χ1v) is 24.1. The third kappa shape index (κ3) is 13.6. The summed E-state index contributed by atoms with van der Waals surface area (Å²) in [5.74, 6) is -2.59. The molecule has 3 fully saturated rings. The maximum absolute atomic E-state index is 14.5. The second kappa shape index (κ2) is 23.4. The van der Waals surface area contributed by atoms with Gasteiger partial charge in [0.05, 0.1) is 41.5 Å². The number of benzene rings is 1. The van der Waals surface area contributed by atoms with Crippen LogP contribution >= 0.6 is 0 Å². The fourth-order valence-electron chi connectivity index (χ4n) is 10.3. The fraction of sp³-hybridized carbons (Fsp3) is 0.837. The number of rotatable bonds is 12. The molecule has 4 rings (SSSR count). The van der Waals surface area contributed by atoms with E-state index in [-0.39, 0.29) is 50.4 Å². The quantitative estimate of drug-likeness (QED) is 0.146. The number of cyclic esters (lactones) is 1. The third-order valence-electron chi connectivity index (χ3n) is 14.6. The first-order chi connectivity index (χ1) is 30.7. The van der Waals surface area contributed by atoms with Crippen LogP contribution in [0.15, 0.2) is 24.3 Å². The molecule has 0 saturated carbocycles. The molecule has 17 heteroatoms. The predicted molar refractivity (Wildman–Crippen MR) is 251 cm³/mol. The van der Waals surface area contributed by atoms with Crippen LogP contribution in [0.5, 0.6) is 0 Å². The van der Waals surface area contributed by atoms with Crippen LogP contribution in [0.1, 0.15) is 120 Å². The van der Waals surface area contributed by atoms with Crippen LogP contribution in [0.2, 0.25) is 0 Å². The number of aliphatic hydroxyl groups excluding tert-OH is 3. The number of amides is 2. The number of hydrogen-bond acceptors (Lipinski definition) is 15. The molecule has 1 aromatic rings. The van der Waals surface area contributed by atoms with Crippen LogP contribution in [0, 0.1) is 17.8 Å². The minimum absolute atomic E-state index is 0.0968. The Kier molecular flexibility index (Phi) is 19.9. The van der Waals surface area contributed by atoms with Crippen LogP contribution in [0.25, 0.3) is 0 Å². The predicted octanol–water partition coefficient (Wildman–Crippen LogP) is 4.22. The highest BCUT2D eigenvalue weighted by atomic mass is 16.7. The lowest BCUT2D eigenvalue weighted by molar-refractivity contribution is -0.318. The number of carbonyl (C=O) groups excluding carboxylic acids is 2. The van der Waals surface area contributed by atoms with Gasteiger partial charge < -0.3 is 69.5 Å². The summed E-state index contributed by atoms with van der Waals surface area (Å²) in [4.78, 5) is 31.5. The van der Waals surface area contributed by atoms with Gasteiger partial charge in [-0.1, -0.05) is 46.8 Å². The van der Waals surface area contributed by atoms with Crippen LogP contribution in [0.4, 0.5) is 10.5 Å². The molecule has 1 aromatic carbocycles. The molecule has 0 spiro atoms. The van der Waals surface area contributed by atoms with Crippen LogP contribution in [-0.2, 0) is 33.2 Å². The SMILES string of the molecule is CC[C@H]1OC(=O)[C@H](C)[C@H](O[C@@H]2C[C@@](C)(OC)[C@@H](O)[C@H](C)O2)[C@@H](C)[C@H](O[C@@H]2O[C@H](C)C[C@H](N(C)C)[C@H]2O)[C@](C)(O)C[C@@H](C)CN(CCNC(=O)Nc2ccc(C(C)C)cc2)[C@H](C)[C@@H](O)[C@]1(C)O. The number of urea groups is 1. The second-order valence-electron chi connectivity index (χ2n) is 20.9. The molecule has 0 radical (unpaired) electrons. The van der Waals surface area contributed by atoms with Gasteiger partial charge >= 0.3 is 12.0 Å². The summed E-state index contributed by atoms with van der Waals surface area (Å²) in [7, 11) is 5.25. The number of methoxy groups -OCH3 is 1. The van der Waals surface area contributed by atoms with E-state index in [0.29, 0.717) is 24.6 Å². The Morgan fingerprint density at radius 3 is 2.17 bits per heavy atom. The van der Waals surface area contributed by atoms with Crippen LogP contribution in [-0.4, -0.2) is 178 Å². The lowest BCUT2D eigenvalue weighted by atomic mass is 9.77. The number of aliphatic hydroxyl groups is 5. The Morgan fingerprint density at radius 2 is 1.59 bits per heavy atom. The number of ether oxygens (including phenoxy) is 6. The number of nitrogens with zero attached hydrogens (tertiary/aromatic N) is 2. The van der Waals surface area contributed by atoms with E-state index in [0.717, 1.165) is 5.56 Å². The summed E-state index contributed by atoms with van der Waals surface area (Å²) in [5.41, 5.74) is -2.89. The van der Waals surface area contributed by atoms with Gasteiger partial charge in [0.25, 0.3) is 0 Å². The summed E-state index contributed by atoms with van der Waals surface area (Å²) < 4.78 is 38.0. The van der Waals surface area contributed by atoms with Crippen molar-refractivity contribution >= 4 is 17.7 Å². The van der Waals surface area contributed by atoms with Gasteiger partial charge in [-0.3, -0.25) is 9.69 Å². The van der Waals surface area contributed by atoms with E-state index >= 15 is 0 Å². The van der Waals surface area contributed by atoms with Gasteiger partial charge in [-0.15, -0.1) is 0 Å².